The number of rotatable bonds is 3. The van der Waals surface area contributed by atoms with Gasteiger partial charge in [-0.3, -0.25) is 4.79 Å². The number of esters is 1. The molecule has 2 aliphatic rings. The number of amides is 1. The first-order valence-electron chi connectivity index (χ1n) is 9.60. The molecule has 1 saturated heterocycles. The van der Waals surface area contributed by atoms with Gasteiger partial charge in [-0.25, -0.2) is 4.79 Å². The average molecular weight is 355 g/mol. The van der Waals surface area contributed by atoms with Crippen LogP contribution in [0.3, 0.4) is 0 Å². The van der Waals surface area contributed by atoms with Gasteiger partial charge in [-0.2, -0.15) is 0 Å². The number of aryl methyl sites for hydroxylation is 1. The Morgan fingerprint density at radius 2 is 1.92 bits per heavy atom. The number of nitrogens with zero attached hydrogens (tertiary/aromatic N) is 1. The molecule has 1 aliphatic heterocycles. The van der Waals surface area contributed by atoms with Crippen LogP contribution in [0.1, 0.15) is 54.6 Å². The van der Waals surface area contributed by atoms with E-state index < -0.39 is 5.97 Å². The van der Waals surface area contributed by atoms with Gasteiger partial charge in [0.15, 0.2) is 6.61 Å². The molecule has 5 heteroatoms. The van der Waals surface area contributed by atoms with E-state index in [0.29, 0.717) is 17.5 Å². The third kappa shape index (κ3) is 3.11. The van der Waals surface area contributed by atoms with Crippen molar-refractivity contribution in [1.82, 2.24) is 4.90 Å². The number of benzene rings is 1. The third-order valence-electron chi connectivity index (χ3n) is 5.92. The molecule has 1 aromatic carbocycles. The van der Waals surface area contributed by atoms with Crippen LogP contribution in [-0.2, 0) is 9.53 Å². The molecule has 2 aromatic rings. The molecular weight excluding hydrogens is 330 g/mol. The lowest BCUT2D eigenvalue weighted by Crippen LogP contribution is -2.50. The van der Waals surface area contributed by atoms with Gasteiger partial charge in [0, 0.05) is 23.5 Å². The first-order chi connectivity index (χ1) is 12.6. The number of hydrogen-bond donors (Lipinski definition) is 0. The summed E-state index contributed by atoms with van der Waals surface area (Å²) in [5.74, 6) is 0.163. The second-order valence-electron chi connectivity index (χ2n) is 7.47. The van der Waals surface area contributed by atoms with E-state index in [1.165, 1.54) is 25.7 Å². The summed E-state index contributed by atoms with van der Waals surface area (Å²) >= 11 is 0. The molecule has 1 saturated carbocycles. The Morgan fingerprint density at radius 1 is 1.15 bits per heavy atom. The zero-order chi connectivity index (χ0) is 18.1. The molecule has 138 valence electrons. The van der Waals surface area contributed by atoms with Gasteiger partial charge in [0.1, 0.15) is 5.58 Å². The van der Waals surface area contributed by atoms with Gasteiger partial charge in [-0.15, -0.1) is 0 Å². The zero-order valence-electron chi connectivity index (χ0n) is 15.2. The van der Waals surface area contributed by atoms with Crippen molar-refractivity contribution in [2.24, 2.45) is 5.92 Å². The van der Waals surface area contributed by atoms with Crippen molar-refractivity contribution < 1.29 is 18.7 Å². The number of hydrogen-bond acceptors (Lipinski definition) is 4. The molecule has 5 nitrogen and oxygen atoms in total. The highest BCUT2D eigenvalue weighted by molar-refractivity contribution is 5.96. The van der Waals surface area contributed by atoms with Crippen LogP contribution in [0.2, 0.25) is 0 Å². The van der Waals surface area contributed by atoms with Crippen LogP contribution in [0.5, 0.6) is 0 Å². The van der Waals surface area contributed by atoms with Crippen molar-refractivity contribution in [2.75, 3.05) is 13.2 Å². The van der Waals surface area contributed by atoms with E-state index >= 15 is 0 Å². The van der Waals surface area contributed by atoms with E-state index in [-0.39, 0.29) is 18.3 Å². The van der Waals surface area contributed by atoms with E-state index in [0.717, 1.165) is 30.3 Å². The van der Waals surface area contributed by atoms with Gasteiger partial charge in [0.05, 0.1) is 0 Å². The summed E-state index contributed by atoms with van der Waals surface area (Å²) in [6.07, 6.45) is 7.00. The summed E-state index contributed by atoms with van der Waals surface area (Å²) in [6.45, 7) is 2.40. The number of likely N-dealkylation sites (tertiary alicyclic amines) is 1. The lowest BCUT2D eigenvalue weighted by molar-refractivity contribution is -0.140. The standard InChI is InChI=1S/C21H25NO4/c1-14-16-9-3-5-11-18(16)26-20(14)21(24)25-13-19(23)22-12-6-8-15-7-2-4-10-17(15)22/h3,5,9,11,15,17H,2,4,6-8,10,12-13H2,1H3/t15-,17+/m1/s1. The maximum absolute atomic E-state index is 12.7. The van der Waals surface area contributed by atoms with E-state index in [1.807, 2.05) is 36.1 Å². The van der Waals surface area contributed by atoms with E-state index in [9.17, 15) is 9.59 Å². The monoisotopic (exact) mass is 355 g/mol. The minimum atomic E-state index is -0.566. The number of carbonyl (C=O) groups excluding carboxylic acids is 2. The molecular formula is C21H25NO4. The molecule has 2 atom stereocenters. The van der Waals surface area contributed by atoms with Crippen LogP contribution in [0.25, 0.3) is 11.0 Å². The molecule has 26 heavy (non-hydrogen) atoms. The zero-order valence-corrected chi connectivity index (χ0v) is 15.2. The van der Waals surface area contributed by atoms with Crippen molar-refractivity contribution in [2.45, 2.75) is 51.5 Å². The van der Waals surface area contributed by atoms with Crippen molar-refractivity contribution in [3.8, 4) is 0 Å². The highest BCUT2D eigenvalue weighted by atomic mass is 16.5. The largest absolute Gasteiger partial charge is 0.450 e. The summed E-state index contributed by atoms with van der Waals surface area (Å²) in [6, 6.07) is 7.83. The maximum Gasteiger partial charge on any atom is 0.375 e. The number of ether oxygens (including phenoxy) is 1. The van der Waals surface area contributed by atoms with Gasteiger partial charge in [0.25, 0.3) is 5.91 Å². The fraction of sp³-hybridized carbons (Fsp3) is 0.524. The van der Waals surface area contributed by atoms with E-state index in [4.69, 9.17) is 9.15 Å². The first-order valence-corrected chi connectivity index (χ1v) is 9.60. The normalized spacial score (nSPS) is 22.9. The predicted molar refractivity (Wildman–Crippen MR) is 97.9 cm³/mol. The summed E-state index contributed by atoms with van der Waals surface area (Å²) in [5.41, 5.74) is 1.41. The number of carbonyl (C=O) groups is 2. The second-order valence-corrected chi connectivity index (χ2v) is 7.47. The Labute approximate surface area is 153 Å². The van der Waals surface area contributed by atoms with Crippen molar-refractivity contribution >= 4 is 22.8 Å². The lowest BCUT2D eigenvalue weighted by atomic mass is 9.78. The number of para-hydroxylation sites is 1. The van der Waals surface area contributed by atoms with Gasteiger partial charge in [-0.1, -0.05) is 31.0 Å². The summed E-state index contributed by atoms with van der Waals surface area (Å²) in [5, 5.41) is 0.895. The lowest BCUT2D eigenvalue weighted by Gasteiger charge is -2.44. The minimum Gasteiger partial charge on any atom is -0.450 e. The van der Waals surface area contributed by atoms with E-state index in [1.54, 1.807) is 0 Å². The first kappa shape index (κ1) is 17.1. The van der Waals surface area contributed by atoms with Crippen LogP contribution in [0, 0.1) is 12.8 Å². The number of piperidine rings is 1. The Balaban J connectivity index is 1.42. The average Bonchev–Trinajstić information content (AvgIpc) is 3.02. The Bertz CT molecular complexity index is 823. The molecule has 1 amide bonds. The Kier molecular flexibility index (Phi) is 4.70. The topological polar surface area (TPSA) is 59.8 Å². The van der Waals surface area contributed by atoms with E-state index in [2.05, 4.69) is 0 Å². The predicted octanol–water partition coefficient (Wildman–Crippen LogP) is 4.08. The van der Waals surface area contributed by atoms with Crippen molar-refractivity contribution in [3.05, 3.63) is 35.6 Å². The van der Waals surface area contributed by atoms with Gasteiger partial charge < -0.3 is 14.1 Å². The highest BCUT2D eigenvalue weighted by Crippen LogP contribution is 2.35. The molecule has 1 aromatic heterocycles. The van der Waals surface area contributed by atoms with Crippen molar-refractivity contribution in [1.29, 1.82) is 0 Å². The van der Waals surface area contributed by atoms with Crippen LogP contribution in [0.4, 0.5) is 0 Å². The second kappa shape index (κ2) is 7.14. The maximum atomic E-state index is 12.7. The molecule has 2 fully saturated rings. The third-order valence-corrected chi connectivity index (χ3v) is 5.92. The van der Waals surface area contributed by atoms with Crippen LogP contribution in [0.15, 0.2) is 28.7 Å². The fourth-order valence-corrected chi connectivity index (χ4v) is 4.58. The van der Waals surface area contributed by atoms with Crippen molar-refractivity contribution in [3.63, 3.8) is 0 Å². The summed E-state index contributed by atoms with van der Waals surface area (Å²) in [7, 11) is 0. The van der Waals surface area contributed by atoms with Crippen LogP contribution in [-0.4, -0.2) is 36.0 Å². The molecule has 0 bridgehead atoms. The summed E-state index contributed by atoms with van der Waals surface area (Å²) in [4.78, 5) is 27.0. The number of furan rings is 1. The quantitative estimate of drug-likeness (QED) is 0.779. The molecule has 0 radical (unpaired) electrons. The number of fused-ring (bicyclic) bond motifs is 2. The Morgan fingerprint density at radius 3 is 2.77 bits per heavy atom. The summed E-state index contributed by atoms with van der Waals surface area (Å²) < 4.78 is 10.9. The Hall–Kier alpha value is -2.30. The van der Waals surface area contributed by atoms with Gasteiger partial charge in [-0.05, 0) is 44.6 Å². The minimum absolute atomic E-state index is 0.0799. The SMILES string of the molecule is Cc1c(C(=O)OCC(=O)N2CCC[C@H]3CCCC[C@@H]32)oc2ccccc12. The van der Waals surface area contributed by atoms with Gasteiger partial charge >= 0.3 is 5.97 Å². The van der Waals surface area contributed by atoms with Gasteiger partial charge in [0.2, 0.25) is 5.76 Å². The smallest absolute Gasteiger partial charge is 0.375 e. The molecule has 2 heterocycles. The molecule has 0 unspecified atom stereocenters. The highest BCUT2D eigenvalue weighted by Gasteiger charge is 2.36. The molecule has 1 aliphatic carbocycles. The molecule has 0 N–H and O–H groups in total. The molecule has 4 rings (SSSR count). The molecule has 0 spiro atoms. The fourth-order valence-electron chi connectivity index (χ4n) is 4.58. The van der Waals surface area contributed by atoms with Crippen LogP contribution >= 0.6 is 0 Å². The van der Waals surface area contributed by atoms with Crippen LogP contribution < -0.4 is 0 Å².